The Morgan fingerprint density at radius 3 is 2.62 bits per heavy atom. The minimum atomic E-state index is -4.31. The topological polar surface area (TPSA) is 40.5 Å². The predicted molar refractivity (Wildman–Crippen MR) is 38.3 cm³/mol. The first-order valence-corrected chi connectivity index (χ1v) is 3.94. The first-order valence-electron chi connectivity index (χ1n) is 3.94. The van der Waals surface area contributed by atoms with Crippen molar-refractivity contribution < 1.29 is 23.1 Å². The van der Waals surface area contributed by atoms with Gasteiger partial charge in [0, 0.05) is 0 Å². The molecule has 0 saturated carbocycles. The van der Waals surface area contributed by atoms with Gasteiger partial charge in [0.15, 0.2) is 0 Å². The zero-order valence-corrected chi connectivity index (χ0v) is 6.84. The van der Waals surface area contributed by atoms with Gasteiger partial charge in [0.2, 0.25) is 0 Å². The minimum Gasteiger partial charge on any atom is -0.480 e. The lowest BCUT2D eigenvalue weighted by Crippen LogP contribution is -2.41. The third-order valence-corrected chi connectivity index (χ3v) is 2.03. The summed E-state index contributed by atoms with van der Waals surface area (Å²) in [5.74, 6) is -1.17. The largest absolute Gasteiger partial charge is 0.480 e. The third-order valence-electron chi connectivity index (χ3n) is 2.03. The van der Waals surface area contributed by atoms with E-state index in [0.29, 0.717) is 12.8 Å². The number of carboxylic acid groups (broad SMARTS) is 1. The first kappa shape index (κ1) is 10.3. The maximum Gasteiger partial charge on any atom is 0.401 e. The average molecular weight is 197 g/mol. The van der Waals surface area contributed by atoms with Crippen molar-refractivity contribution in [1.82, 2.24) is 4.90 Å². The summed E-state index contributed by atoms with van der Waals surface area (Å²) in [6, 6.07) is -0.957. The van der Waals surface area contributed by atoms with Gasteiger partial charge in [0.25, 0.3) is 0 Å². The number of rotatable bonds is 2. The van der Waals surface area contributed by atoms with Gasteiger partial charge >= 0.3 is 12.1 Å². The van der Waals surface area contributed by atoms with E-state index in [1.807, 2.05) is 0 Å². The quantitative estimate of drug-likeness (QED) is 0.720. The summed E-state index contributed by atoms with van der Waals surface area (Å²) in [6.07, 6.45) is -3.48. The van der Waals surface area contributed by atoms with E-state index in [4.69, 9.17) is 5.11 Å². The fourth-order valence-electron chi connectivity index (χ4n) is 1.53. The highest BCUT2D eigenvalue weighted by atomic mass is 19.4. The van der Waals surface area contributed by atoms with Crippen molar-refractivity contribution in [3.8, 4) is 0 Å². The van der Waals surface area contributed by atoms with Crippen LogP contribution in [0.1, 0.15) is 12.8 Å². The molecule has 6 heteroatoms. The number of halogens is 3. The van der Waals surface area contributed by atoms with Gasteiger partial charge < -0.3 is 5.11 Å². The Balaban J connectivity index is 2.54. The van der Waals surface area contributed by atoms with Crippen LogP contribution in [0.4, 0.5) is 13.2 Å². The molecule has 1 atom stereocenters. The highest BCUT2D eigenvalue weighted by molar-refractivity contribution is 5.73. The second kappa shape index (κ2) is 3.53. The SMILES string of the molecule is O=C(O)[C@H]1CCCN1CC(F)(F)F. The molecule has 1 saturated heterocycles. The van der Waals surface area contributed by atoms with Crippen LogP contribution in [-0.4, -0.2) is 41.3 Å². The number of hydrogen-bond acceptors (Lipinski definition) is 2. The molecule has 3 nitrogen and oxygen atoms in total. The monoisotopic (exact) mass is 197 g/mol. The predicted octanol–water partition coefficient (Wildman–Crippen LogP) is 1.10. The molecule has 0 unspecified atom stereocenters. The molecular formula is C7H10F3NO2. The number of aliphatic carboxylic acids is 1. The fraction of sp³-hybridized carbons (Fsp3) is 0.857. The molecule has 1 aliphatic rings. The number of carboxylic acids is 1. The molecule has 1 fully saturated rings. The number of likely N-dealkylation sites (tertiary alicyclic amines) is 1. The van der Waals surface area contributed by atoms with E-state index in [1.165, 1.54) is 0 Å². The normalized spacial score (nSPS) is 25.0. The molecule has 1 aliphatic heterocycles. The van der Waals surface area contributed by atoms with Crippen molar-refractivity contribution >= 4 is 5.97 Å². The van der Waals surface area contributed by atoms with Gasteiger partial charge in [-0.2, -0.15) is 13.2 Å². The van der Waals surface area contributed by atoms with E-state index >= 15 is 0 Å². The Hall–Kier alpha value is -0.780. The summed E-state index contributed by atoms with van der Waals surface area (Å²) in [5.41, 5.74) is 0. The van der Waals surface area contributed by atoms with E-state index in [2.05, 4.69) is 0 Å². The van der Waals surface area contributed by atoms with Gasteiger partial charge in [0.05, 0.1) is 6.54 Å². The van der Waals surface area contributed by atoms with Gasteiger partial charge in [-0.1, -0.05) is 0 Å². The van der Waals surface area contributed by atoms with Crippen LogP contribution in [0.3, 0.4) is 0 Å². The Morgan fingerprint density at radius 1 is 1.54 bits per heavy atom. The van der Waals surface area contributed by atoms with Crippen molar-refractivity contribution in [1.29, 1.82) is 0 Å². The standard InChI is InChI=1S/C7H10F3NO2/c8-7(9,10)4-11-3-1-2-5(11)6(12)13/h5H,1-4H2,(H,12,13)/t5-/m1/s1. The lowest BCUT2D eigenvalue weighted by Gasteiger charge is -2.21. The Morgan fingerprint density at radius 2 is 2.15 bits per heavy atom. The molecule has 1 heterocycles. The van der Waals surface area contributed by atoms with Crippen LogP contribution in [-0.2, 0) is 4.79 Å². The van der Waals surface area contributed by atoms with Crippen LogP contribution in [0.15, 0.2) is 0 Å². The highest BCUT2D eigenvalue weighted by Gasteiger charge is 2.38. The maximum atomic E-state index is 11.9. The van der Waals surface area contributed by atoms with Gasteiger partial charge in [0.1, 0.15) is 6.04 Å². The lowest BCUT2D eigenvalue weighted by atomic mass is 10.2. The van der Waals surface area contributed by atoms with E-state index < -0.39 is 24.7 Å². The smallest absolute Gasteiger partial charge is 0.401 e. The number of nitrogens with zero attached hydrogens (tertiary/aromatic N) is 1. The Labute approximate surface area is 73.1 Å². The molecule has 13 heavy (non-hydrogen) atoms. The van der Waals surface area contributed by atoms with Crippen LogP contribution in [0.25, 0.3) is 0 Å². The maximum absolute atomic E-state index is 11.9. The second-order valence-corrected chi connectivity index (χ2v) is 3.08. The summed E-state index contributed by atoms with van der Waals surface area (Å²) in [6.45, 7) is -0.902. The third kappa shape index (κ3) is 2.87. The van der Waals surface area contributed by atoms with Crippen LogP contribution in [0, 0.1) is 0 Å². The van der Waals surface area contributed by atoms with Crippen LogP contribution >= 0.6 is 0 Å². The van der Waals surface area contributed by atoms with E-state index in [0.717, 1.165) is 4.90 Å². The Bertz CT molecular complexity index is 204. The van der Waals surface area contributed by atoms with Crippen molar-refractivity contribution in [2.24, 2.45) is 0 Å². The first-order chi connectivity index (χ1) is 5.90. The van der Waals surface area contributed by atoms with Crippen molar-refractivity contribution in [3.63, 3.8) is 0 Å². The molecule has 0 aromatic carbocycles. The number of hydrogen-bond donors (Lipinski definition) is 1. The van der Waals surface area contributed by atoms with Crippen LogP contribution < -0.4 is 0 Å². The van der Waals surface area contributed by atoms with E-state index in [1.54, 1.807) is 0 Å². The molecule has 76 valence electrons. The van der Waals surface area contributed by atoms with Crippen LogP contribution in [0.2, 0.25) is 0 Å². The van der Waals surface area contributed by atoms with Gasteiger partial charge in [-0.3, -0.25) is 9.69 Å². The number of carbonyl (C=O) groups is 1. The molecule has 0 spiro atoms. The molecule has 1 rings (SSSR count). The molecule has 0 amide bonds. The summed E-state index contributed by atoms with van der Waals surface area (Å²) >= 11 is 0. The molecule has 0 aromatic heterocycles. The molecule has 0 aromatic rings. The van der Waals surface area contributed by atoms with Gasteiger partial charge in [-0.05, 0) is 19.4 Å². The minimum absolute atomic E-state index is 0.219. The van der Waals surface area contributed by atoms with Crippen molar-refractivity contribution in [2.45, 2.75) is 25.1 Å². The average Bonchev–Trinajstić information content (AvgIpc) is 2.31. The number of alkyl halides is 3. The van der Waals surface area contributed by atoms with Gasteiger partial charge in [-0.25, -0.2) is 0 Å². The van der Waals surface area contributed by atoms with Crippen molar-refractivity contribution in [3.05, 3.63) is 0 Å². The summed E-state index contributed by atoms with van der Waals surface area (Å²) in [7, 11) is 0. The summed E-state index contributed by atoms with van der Waals surface area (Å²) in [5, 5.41) is 8.57. The van der Waals surface area contributed by atoms with Gasteiger partial charge in [-0.15, -0.1) is 0 Å². The molecule has 0 radical (unpaired) electrons. The Kier molecular flexibility index (Phi) is 2.80. The van der Waals surface area contributed by atoms with E-state index in [9.17, 15) is 18.0 Å². The van der Waals surface area contributed by atoms with Crippen LogP contribution in [0.5, 0.6) is 0 Å². The van der Waals surface area contributed by atoms with Crippen molar-refractivity contribution in [2.75, 3.05) is 13.1 Å². The summed E-state index contributed by atoms with van der Waals surface area (Å²) in [4.78, 5) is 11.4. The molecule has 0 aliphatic carbocycles. The zero-order chi connectivity index (χ0) is 10.1. The molecular weight excluding hydrogens is 187 g/mol. The molecule has 1 N–H and O–H groups in total. The zero-order valence-electron chi connectivity index (χ0n) is 6.84. The summed E-state index contributed by atoms with van der Waals surface area (Å²) < 4.78 is 35.7. The fourth-order valence-corrected chi connectivity index (χ4v) is 1.53. The second-order valence-electron chi connectivity index (χ2n) is 3.08. The highest BCUT2D eigenvalue weighted by Crippen LogP contribution is 2.23. The van der Waals surface area contributed by atoms with E-state index in [-0.39, 0.29) is 6.54 Å². The lowest BCUT2D eigenvalue weighted by molar-refractivity contribution is -0.157. The molecule has 0 bridgehead atoms.